The van der Waals surface area contributed by atoms with Crippen molar-refractivity contribution in [2.75, 3.05) is 26.3 Å². The van der Waals surface area contributed by atoms with Gasteiger partial charge in [0, 0.05) is 25.2 Å². The summed E-state index contributed by atoms with van der Waals surface area (Å²) in [5.41, 5.74) is 1.76. The number of hydrogen-bond donors (Lipinski definition) is 2. The molecule has 2 N–H and O–H groups in total. The van der Waals surface area contributed by atoms with Crippen LogP contribution < -0.4 is 4.74 Å². The monoisotopic (exact) mass is 343 g/mol. The fourth-order valence-corrected chi connectivity index (χ4v) is 2.55. The van der Waals surface area contributed by atoms with Gasteiger partial charge in [0.1, 0.15) is 18.5 Å². The predicted octanol–water partition coefficient (Wildman–Crippen LogP) is 2.12. The number of aliphatic hydroxyl groups is 2. The third kappa shape index (κ3) is 6.66. The van der Waals surface area contributed by atoms with Crippen LogP contribution >= 0.6 is 0 Å². The lowest BCUT2D eigenvalue weighted by Gasteiger charge is -2.24. The van der Waals surface area contributed by atoms with Gasteiger partial charge in [0.2, 0.25) is 0 Å². The van der Waals surface area contributed by atoms with E-state index >= 15 is 0 Å². The van der Waals surface area contributed by atoms with Gasteiger partial charge in [-0.1, -0.05) is 30.3 Å². The second-order valence-electron chi connectivity index (χ2n) is 5.99. The van der Waals surface area contributed by atoms with Crippen molar-refractivity contribution in [2.45, 2.75) is 19.6 Å². The highest BCUT2D eigenvalue weighted by Crippen LogP contribution is 2.13. The molecule has 0 aliphatic carbocycles. The van der Waals surface area contributed by atoms with E-state index in [0.29, 0.717) is 30.9 Å². The van der Waals surface area contributed by atoms with Crippen LogP contribution in [0.3, 0.4) is 0 Å². The fourth-order valence-electron chi connectivity index (χ4n) is 2.55. The molecule has 0 amide bonds. The number of rotatable bonds is 10. The Kier molecular flexibility index (Phi) is 7.60. The maximum Gasteiger partial charge on any atom is 0.159 e. The zero-order chi connectivity index (χ0) is 18.1. The molecule has 25 heavy (non-hydrogen) atoms. The summed E-state index contributed by atoms with van der Waals surface area (Å²) in [7, 11) is 0. The van der Waals surface area contributed by atoms with E-state index < -0.39 is 6.10 Å². The Morgan fingerprint density at radius 2 is 1.80 bits per heavy atom. The van der Waals surface area contributed by atoms with E-state index in [4.69, 9.17) is 4.74 Å². The number of hydrogen-bond acceptors (Lipinski definition) is 5. The van der Waals surface area contributed by atoms with Crippen LogP contribution in [0.25, 0.3) is 0 Å². The number of carbonyl (C=O) groups is 1. The van der Waals surface area contributed by atoms with Crippen LogP contribution in [0.2, 0.25) is 0 Å². The molecule has 0 radical (unpaired) electrons. The maximum atomic E-state index is 11.2. The number of aliphatic hydroxyl groups excluding tert-OH is 2. The third-order valence-electron chi connectivity index (χ3n) is 3.84. The summed E-state index contributed by atoms with van der Waals surface area (Å²) in [6.07, 6.45) is -0.678. The van der Waals surface area contributed by atoms with E-state index in [1.54, 1.807) is 24.3 Å². The SMILES string of the molecule is CC(=O)c1ccc(OCC(O)CN(CCO)Cc2ccccc2)cc1. The van der Waals surface area contributed by atoms with Crippen molar-refractivity contribution >= 4 is 5.78 Å². The topological polar surface area (TPSA) is 70.0 Å². The van der Waals surface area contributed by atoms with Crippen molar-refractivity contribution in [1.29, 1.82) is 0 Å². The molecule has 1 atom stereocenters. The third-order valence-corrected chi connectivity index (χ3v) is 3.84. The maximum absolute atomic E-state index is 11.2. The minimum absolute atomic E-state index is 0.00661. The van der Waals surface area contributed by atoms with E-state index in [1.165, 1.54) is 6.92 Å². The van der Waals surface area contributed by atoms with Gasteiger partial charge in [-0.15, -0.1) is 0 Å². The molecule has 0 fully saturated rings. The lowest BCUT2D eigenvalue weighted by molar-refractivity contribution is 0.0590. The molecule has 0 spiro atoms. The van der Waals surface area contributed by atoms with E-state index in [2.05, 4.69) is 0 Å². The molecule has 2 aromatic carbocycles. The fraction of sp³-hybridized carbons (Fsp3) is 0.350. The Bertz CT molecular complexity index is 643. The van der Waals surface area contributed by atoms with Crippen molar-refractivity contribution in [1.82, 2.24) is 4.90 Å². The summed E-state index contributed by atoms with van der Waals surface area (Å²) in [5.74, 6) is 0.618. The molecule has 0 saturated heterocycles. The summed E-state index contributed by atoms with van der Waals surface area (Å²) in [6.45, 7) is 3.25. The van der Waals surface area contributed by atoms with Gasteiger partial charge in [-0.2, -0.15) is 0 Å². The van der Waals surface area contributed by atoms with Crippen LogP contribution in [-0.2, 0) is 6.54 Å². The highest BCUT2D eigenvalue weighted by atomic mass is 16.5. The van der Waals surface area contributed by atoms with Gasteiger partial charge in [-0.05, 0) is 36.8 Å². The molecule has 0 aromatic heterocycles. The number of ketones is 1. The van der Waals surface area contributed by atoms with Gasteiger partial charge < -0.3 is 14.9 Å². The molecule has 0 heterocycles. The molecule has 134 valence electrons. The Balaban J connectivity index is 1.83. The van der Waals surface area contributed by atoms with Gasteiger partial charge in [0.05, 0.1) is 6.61 Å². The van der Waals surface area contributed by atoms with Gasteiger partial charge in [-0.25, -0.2) is 0 Å². The van der Waals surface area contributed by atoms with Gasteiger partial charge >= 0.3 is 0 Å². The lowest BCUT2D eigenvalue weighted by Crippen LogP contribution is -2.37. The van der Waals surface area contributed by atoms with E-state index in [1.807, 2.05) is 35.2 Å². The average molecular weight is 343 g/mol. The first-order chi connectivity index (χ1) is 12.1. The first kappa shape index (κ1) is 19.1. The summed E-state index contributed by atoms with van der Waals surface area (Å²) in [5, 5.41) is 19.5. The molecule has 5 heteroatoms. The van der Waals surface area contributed by atoms with Crippen LogP contribution in [0, 0.1) is 0 Å². The Labute approximate surface area is 148 Å². The first-order valence-electron chi connectivity index (χ1n) is 8.37. The molecular formula is C20H25NO4. The van der Waals surface area contributed by atoms with Crippen molar-refractivity contribution in [3.63, 3.8) is 0 Å². The standard InChI is InChI=1S/C20H25NO4/c1-16(23)18-7-9-20(10-8-18)25-15-19(24)14-21(11-12-22)13-17-5-3-2-4-6-17/h2-10,19,22,24H,11-15H2,1H3. The van der Waals surface area contributed by atoms with E-state index in [-0.39, 0.29) is 19.0 Å². The molecule has 5 nitrogen and oxygen atoms in total. The largest absolute Gasteiger partial charge is 0.491 e. The quantitative estimate of drug-likeness (QED) is 0.647. The molecule has 2 aromatic rings. The predicted molar refractivity (Wildman–Crippen MR) is 96.8 cm³/mol. The molecule has 1 unspecified atom stereocenters. The number of Topliss-reactive ketones (excluding diaryl/α,β-unsaturated/α-hetero) is 1. The zero-order valence-corrected chi connectivity index (χ0v) is 14.5. The molecular weight excluding hydrogens is 318 g/mol. The number of benzene rings is 2. The summed E-state index contributed by atoms with van der Waals surface area (Å²) < 4.78 is 5.58. The van der Waals surface area contributed by atoms with Gasteiger partial charge in [0.25, 0.3) is 0 Å². The first-order valence-corrected chi connectivity index (χ1v) is 8.37. The average Bonchev–Trinajstić information content (AvgIpc) is 2.61. The number of carbonyl (C=O) groups excluding carboxylic acids is 1. The molecule has 2 rings (SSSR count). The molecule has 0 aliphatic heterocycles. The highest BCUT2D eigenvalue weighted by molar-refractivity contribution is 5.94. The van der Waals surface area contributed by atoms with Crippen molar-refractivity contribution < 1.29 is 19.7 Å². The van der Waals surface area contributed by atoms with Crippen molar-refractivity contribution in [3.05, 3.63) is 65.7 Å². The van der Waals surface area contributed by atoms with E-state index in [9.17, 15) is 15.0 Å². The molecule has 0 aliphatic rings. The minimum Gasteiger partial charge on any atom is -0.491 e. The van der Waals surface area contributed by atoms with Crippen LogP contribution in [0.5, 0.6) is 5.75 Å². The number of ether oxygens (including phenoxy) is 1. The molecule has 0 saturated carbocycles. The van der Waals surface area contributed by atoms with Gasteiger partial charge in [-0.3, -0.25) is 9.69 Å². The summed E-state index contributed by atoms with van der Waals surface area (Å²) in [6, 6.07) is 16.8. The Morgan fingerprint density at radius 3 is 2.40 bits per heavy atom. The summed E-state index contributed by atoms with van der Waals surface area (Å²) in [4.78, 5) is 13.2. The minimum atomic E-state index is -0.678. The Hall–Kier alpha value is -2.21. The second kappa shape index (κ2) is 9.93. The van der Waals surface area contributed by atoms with Crippen LogP contribution in [0.4, 0.5) is 0 Å². The van der Waals surface area contributed by atoms with Crippen LogP contribution in [-0.4, -0.2) is 53.3 Å². The van der Waals surface area contributed by atoms with Crippen LogP contribution in [0.15, 0.2) is 54.6 Å². The smallest absolute Gasteiger partial charge is 0.159 e. The van der Waals surface area contributed by atoms with Crippen molar-refractivity contribution in [2.24, 2.45) is 0 Å². The van der Waals surface area contributed by atoms with Crippen molar-refractivity contribution in [3.8, 4) is 5.75 Å². The molecule has 0 bridgehead atoms. The normalized spacial score (nSPS) is 12.2. The highest BCUT2D eigenvalue weighted by Gasteiger charge is 2.13. The zero-order valence-electron chi connectivity index (χ0n) is 14.5. The lowest BCUT2D eigenvalue weighted by atomic mass is 10.1. The van der Waals surface area contributed by atoms with Crippen LogP contribution in [0.1, 0.15) is 22.8 Å². The number of nitrogens with zero attached hydrogens (tertiary/aromatic N) is 1. The van der Waals surface area contributed by atoms with E-state index in [0.717, 1.165) is 5.56 Å². The Morgan fingerprint density at radius 1 is 1.12 bits per heavy atom. The van der Waals surface area contributed by atoms with Gasteiger partial charge in [0.15, 0.2) is 5.78 Å². The summed E-state index contributed by atoms with van der Waals surface area (Å²) >= 11 is 0. The second-order valence-corrected chi connectivity index (χ2v) is 5.99.